The van der Waals surface area contributed by atoms with Crippen molar-refractivity contribution in [2.24, 2.45) is 0 Å². The van der Waals surface area contributed by atoms with E-state index in [4.69, 9.17) is 12.2 Å². The molecule has 0 bridgehead atoms. The summed E-state index contributed by atoms with van der Waals surface area (Å²) in [5.41, 5.74) is 3.70. The van der Waals surface area contributed by atoms with Crippen LogP contribution in [0.3, 0.4) is 0 Å². The van der Waals surface area contributed by atoms with E-state index >= 15 is 0 Å². The minimum absolute atomic E-state index is 0.846. The summed E-state index contributed by atoms with van der Waals surface area (Å²) in [7, 11) is 0. The van der Waals surface area contributed by atoms with Gasteiger partial charge in [-0.15, -0.1) is 0 Å². The van der Waals surface area contributed by atoms with Gasteiger partial charge in [0.1, 0.15) is 0 Å². The fraction of sp³-hybridized carbons (Fsp3) is 0.533. The van der Waals surface area contributed by atoms with Crippen molar-refractivity contribution >= 4 is 23.0 Å². The number of hydrogen-bond donors (Lipinski definition) is 1. The van der Waals surface area contributed by atoms with E-state index in [0.717, 1.165) is 43.5 Å². The van der Waals surface area contributed by atoms with Crippen LogP contribution in [-0.2, 0) is 0 Å². The van der Waals surface area contributed by atoms with Crippen LogP contribution in [0.15, 0.2) is 18.2 Å². The lowest BCUT2D eigenvalue weighted by molar-refractivity contribution is 0.191. The highest BCUT2D eigenvalue weighted by molar-refractivity contribution is 7.80. The van der Waals surface area contributed by atoms with Gasteiger partial charge in [0, 0.05) is 31.9 Å². The molecular formula is C15H23N3S. The van der Waals surface area contributed by atoms with Crippen LogP contribution in [0.4, 0.5) is 5.69 Å². The highest BCUT2D eigenvalue weighted by atomic mass is 32.1. The molecule has 1 N–H and O–H groups in total. The molecule has 0 radical (unpaired) electrons. The molecule has 1 saturated heterocycles. The molecule has 1 aromatic rings. The Balaban J connectivity index is 1.92. The van der Waals surface area contributed by atoms with Gasteiger partial charge in [0.2, 0.25) is 0 Å². The standard InChI is InChI=1S/C15H23N3S/c1-4-17-7-9-18(10-8-17)15(19)16-14-6-5-12(2)13(3)11-14/h5-6,11H,4,7-10H2,1-3H3,(H,16,19). The molecule has 1 fully saturated rings. The van der Waals surface area contributed by atoms with Crippen molar-refractivity contribution in [3.8, 4) is 0 Å². The molecule has 19 heavy (non-hydrogen) atoms. The van der Waals surface area contributed by atoms with Crippen molar-refractivity contribution in [3.63, 3.8) is 0 Å². The van der Waals surface area contributed by atoms with Crippen LogP contribution in [0.2, 0.25) is 0 Å². The largest absolute Gasteiger partial charge is 0.346 e. The van der Waals surface area contributed by atoms with Gasteiger partial charge in [0.05, 0.1) is 0 Å². The second-order valence-electron chi connectivity index (χ2n) is 5.15. The number of piperazine rings is 1. The number of nitrogens with one attached hydrogen (secondary N) is 1. The zero-order chi connectivity index (χ0) is 13.8. The average Bonchev–Trinajstić information content (AvgIpc) is 2.43. The van der Waals surface area contributed by atoms with Crippen LogP contribution < -0.4 is 5.32 Å². The highest BCUT2D eigenvalue weighted by Crippen LogP contribution is 2.15. The van der Waals surface area contributed by atoms with E-state index in [9.17, 15) is 0 Å². The van der Waals surface area contributed by atoms with Gasteiger partial charge in [0.15, 0.2) is 5.11 Å². The minimum atomic E-state index is 0.846. The number of rotatable bonds is 2. The second-order valence-corrected chi connectivity index (χ2v) is 5.54. The molecule has 0 saturated carbocycles. The first kappa shape index (κ1) is 14.3. The van der Waals surface area contributed by atoms with Crippen LogP contribution in [0, 0.1) is 13.8 Å². The Labute approximate surface area is 121 Å². The molecule has 2 rings (SSSR count). The van der Waals surface area contributed by atoms with E-state index in [2.05, 4.69) is 54.1 Å². The first-order valence-corrected chi connectivity index (χ1v) is 7.36. The molecule has 104 valence electrons. The molecule has 1 heterocycles. The molecule has 0 atom stereocenters. The van der Waals surface area contributed by atoms with Gasteiger partial charge >= 0.3 is 0 Å². The lowest BCUT2D eigenvalue weighted by atomic mass is 10.1. The van der Waals surface area contributed by atoms with Crippen LogP contribution in [0.1, 0.15) is 18.1 Å². The Kier molecular flexibility index (Phi) is 4.77. The van der Waals surface area contributed by atoms with Crippen LogP contribution in [0.5, 0.6) is 0 Å². The number of anilines is 1. The summed E-state index contributed by atoms with van der Waals surface area (Å²) in [6, 6.07) is 6.39. The van der Waals surface area contributed by atoms with Gasteiger partial charge in [-0.05, 0) is 55.9 Å². The van der Waals surface area contributed by atoms with E-state index < -0.39 is 0 Å². The Morgan fingerprint density at radius 2 is 1.84 bits per heavy atom. The Hall–Kier alpha value is -1.13. The predicted octanol–water partition coefficient (Wildman–Crippen LogP) is 2.64. The predicted molar refractivity (Wildman–Crippen MR) is 85.8 cm³/mol. The topological polar surface area (TPSA) is 18.5 Å². The van der Waals surface area contributed by atoms with Gasteiger partial charge in [-0.2, -0.15) is 0 Å². The summed E-state index contributed by atoms with van der Waals surface area (Å²) in [6.07, 6.45) is 0. The third-order valence-corrected chi connectivity index (χ3v) is 4.23. The first-order valence-electron chi connectivity index (χ1n) is 6.95. The van der Waals surface area contributed by atoms with Crippen LogP contribution >= 0.6 is 12.2 Å². The number of aryl methyl sites for hydroxylation is 2. The van der Waals surface area contributed by atoms with Gasteiger partial charge < -0.3 is 15.1 Å². The summed E-state index contributed by atoms with van der Waals surface area (Å²) in [5.74, 6) is 0. The molecule has 0 aliphatic carbocycles. The maximum Gasteiger partial charge on any atom is 0.173 e. The normalized spacial score (nSPS) is 16.5. The number of hydrogen-bond acceptors (Lipinski definition) is 2. The number of thiocarbonyl (C=S) groups is 1. The van der Waals surface area contributed by atoms with E-state index in [1.165, 1.54) is 11.1 Å². The van der Waals surface area contributed by atoms with E-state index in [0.29, 0.717) is 0 Å². The molecule has 0 spiro atoms. The van der Waals surface area contributed by atoms with E-state index in [1.807, 2.05) is 0 Å². The molecule has 1 aliphatic rings. The summed E-state index contributed by atoms with van der Waals surface area (Å²) >= 11 is 5.50. The summed E-state index contributed by atoms with van der Waals surface area (Å²) in [5, 5.41) is 4.20. The SMILES string of the molecule is CCN1CCN(C(=S)Nc2ccc(C)c(C)c2)CC1. The van der Waals surface area contributed by atoms with Crippen molar-refractivity contribution in [2.45, 2.75) is 20.8 Å². The third-order valence-electron chi connectivity index (χ3n) is 3.86. The highest BCUT2D eigenvalue weighted by Gasteiger charge is 2.17. The molecule has 0 unspecified atom stereocenters. The van der Waals surface area contributed by atoms with Crippen LogP contribution in [0.25, 0.3) is 0 Å². The molecule has 1 aliphatic heterocycles. The fourth-order valence-corrected chi connectivity index (χ4v) is 2.59. The van der Waals surface area contributed by atoms with Crippen molar-refractivity contribution < 1.29 is 0 Å². The molecule has 0 aromatic heterocycles. The van der Waals surface area contributed by atoms with Gasteiger partial charge in [-0.1, -0.05) is 13.0 Å². The van der Waals surface area contributed by atoms with Crippen molar-refractivity contribution in [1.29, 1.82) is 0 Å². The molecule has 4 heteroatoms. The monoisotopic (exact) mass is 277 g/mol. The first-order chi connectivity index (χ1) is 9.10. The van der Waals surface area contributed by atoms with Crippen LogP contribution in [-0.4, -0.2) is 47.6 Å². The lowest BCUT2D eigenvalue weighted by Crippen LogP contribution is -2.49. The Morgan fingerprint density at radius 3 is 2.42 bits per heavy atom. The summed E-state index contributed by atoms with van der Waals surface area (Å²) in [4.78, 5) is 4.71. The molecule has 3 nitrogen and oxygen atoms in total. The minimum Gasteiger partial charge on any atom is -0.346 e. The number of benzene rings is 1. The average molecular weight is 277 g/mol. The lowest BCUT2D eigenvalue weighted by Gasteiger charge is -2.35. The second kappa shape index (κ2) is 6.35. The van der Waals surface area contributed by atoms with Crippen molar-refractivity contribution in [2.75, 3.05) is 38.0 Å². The zero-order valence-corrected chi connectivity index (χ0v) is 12.9. The molecule has 1 aromatic carbocycles. The summed E-state index contributed by atoms with van der Waals surface area (Å²) in [6.45, 7) is 11.8. The zero-order valence-electron chi connectivity index (χ0n) is 12.1. The number of nitrogens with zero attached hydrogens (tertiary/aromatic N) is 2. The van der Waals surface area contributed by atoms with Gasteiger partial charge in [-0.25, -0.2) is 0 Å². The maximum atomic E-state index is 5.50. The van der Waals surface area contributed by atoms with Crippen molar-refractivity contribution in [3.05, 3.63) is 29.3 Å². The van der Waals surface area contributed by atoms with Crippen molar-refractivity contribution in [1.82, 2.24) is 9.80 Å². The Morgan fingerprint density at radius 1 is 1.16 bits per heavy atom. The smallest absolute Gasteiger partial charge is 0.173 e. The van der Waals surface area contributed by atoms with Gasteiger partial charge in [-0.3, -0.25) is 0 Å². The Bertz CT molecular complexity index is 451. The van der Waals surface area contributed by atoms with E-state index in [1.54, 1.807) is 0 Å². The molecular weight excluding hydrogens is 254 g/mol. The maximum absolute atomic E-state index is 5.50. The quantitative estimate of drug-likeness (QED) is 0.837. The summed E-state index contributed by atoms with van der Waals surface area (Å²) < 4.78 is 0. The fourth-order valence-electron chi connectivity index (χ4n) is 2.29. The molecule has 0 amide bonds. The van der Waals surface area contributed by atoms with Gasteiger partial charge in [0.25, 0.3) is 0 Å². The third kappa shape index (κ3) is 3.67. The van der Waals surface area contributed by atoms with E-state index in [-0.39, 0.29) is 0 Å². The number of likely N-dealkylation sites (N-methyl/N-ethyl adjacent to an activating group) is 1.